The van der Waals surface area contributed by atoms with Crippen molar-refractivity contribution in [2.75, 3.05) is 6.61 Å². The summed E-state index contributed by atoms with van der Waals surface area (Å²) in [5.41, 5.74) is 0.652. The number of rotatable bonds is 5. The van der Waals surface area contributed by atoms with E-state index in [-0.39, 0.29) is 18.2 Å². The van der Waals surface area contributed by atoms with Gasteiger partial charge in [0.05, 0.1) is 5.02 Å². The van der Waals surface area contributed by atoms with Gasteiger partial charge >= 0.3 is 5.97 Å². The Bertz CT molecular complexity index is 646. The fourth-order valence-electron chi connectivity index (χ4n) is 1.50. The van der Waals surface area contributed by atoms with E-state index in [1.54, 1.807) is 17.5 Å². The van der Waals surface area contributed by atoms with Gasteiger partial charge in [-0.2, -0.15) is 0 Å². The Labute approximate surface area is 129 Å². The minimum absolute atomic E-state index is 0.00845. The van der Waals surface area contributed by atoms with Gasteiger partial charge in [-0.05, 0) is 29.1 Å². The number of thiophene rings is 1. The maximum Gasteiger partial charge on any atom is 0.348 e. The number of carbonyl (C=O) groups is 2. The number of hydrogen-bond acceptors (Lipinski definition) is 4. The summed E-state index contributed by atoms with van der Waals surface area (Å²) in [5, 5.41) is 4.29. The molecule has 2 aromatic rings. The van der Waals surface area contributed by atoms with Crippen LogP contribution in [0.25, 0.3) is 0 Å². The van der Waals surface area contributed by atoms with E-state index < -0.39 is 17.7 Å². The average molecular weight is 328 g/mol. The second kappa shape index (κ2) is 7.19. The van der Waals surface area contributed by atoms with E-state index in [0.717, 1.165) is 0 Å². The van der Waals surface area contributed by atoms with E-state index in [1.807, 2.05) is 0 Å². The summed E-state index contributed by atoms with van der Waals surface area (Å²) < 4.78 is 17.8. The Balaban J connectivity index is 1.77. The van der Waals surface area contributed by atoms with Crippen molar-refractivity contribution in [1.82, 2.24) is 5.32 Å². The first kappa shape index (κ1) is 15.5. The van der Waals surface area contributed by atoms with E-state index in [0.29, 0.717) is 10.4 Å². The molecule has 110 valence electrons. The van der Waals surface area contributed by atoms with Gasteiger partial charge in [0.25, 0.3) is 5.91 Å². The van der Waals surface area contributed by atoms with Gasteiger partial charge in [-0.15, -0.1) is 11.3 Å². The van der Waals surface area contributed by atoms with Gasteiger partial charge in [-0.1, -0.05) is 23.7 Å². The SMILES string of the molecule is O=C(COC(=O)c1cccs1)NCc1ccc(F)c(Cl)c1. The predicted molar refractivity (Wildman–Crippen MR) is 77.9 cm³/mol. The lowest BCUT2D eigenvalue weighted by Crippen LogP contribution is -2.28. The molecule has 0 saturated heterocycles. The third kappa shape index (κ3) is 4.54. The summed E-state index contributed by atoms with van der Waals surface area (Å²) in [5.74, 6) is -1.50. The Kier molecular flexibility index (Phi) is 5.30. The minimum atomic E-state index is -0.537. The van der Waals surface area contributed by atoms with Crippen LogP contribution in [0.15, 0.2) is 35.7 Å². The molecule has 0 aliphatic carbocycles. The maximum atomic E-state index is 13.0. The van der Waals surface area contributed by atoms with Gasteiger partial charge < -0.3 is 10.1 Å². The van der Waals surface area contributed by atoms with E-state index in [9.17, 15) is 14.0 Å². The maximum absolute atomic E-state index is 13.0. The average Bonchev–Trinajstić information content (AvgIpc) is 3.00. The van der Waals surface area contributed by atoms with Crippen molar-refractivity contribution in [3.8, 4) is 0 Å². The van der Waals surface area contributed by atoms with Crippen molar-refractivity contribution < 1.29 is 18.7 Å². The molecular weight excluding hydrogens is 317 g/mol. The molecule has 1 N–H and O–H groups in total. The van der Waals surface area contributed by atoms with Crippen molar-refractivity contribution in [3.05, 3.63) is 57.0 Å². The van der Waals surface area contributed by atoms with Crippen LogP contribution in [-0.4, -0.2) is 18.5 Å². The third-order valence-corrected chi connectivity index (χ3v) is 3.67. The fourth-order valence-corrected chi connectivity index (χ4v) is 2.32. The molecule has 4 nitrogen and oxygen atoms in total. The Morgan fingerprint density at radius 2 is 2.14 bits per heavy atom. The van der Waals surface area contributed by atoms with Crippen LogP contribution >= 0.6 is 22.9 Å². The van der Waals surface area contributed by atoms with Gasteiger partial charge in [0, 0.05) is 6.54 Å². The number of esters is 1. The second-order valence-electron chi connectivity index (χ2n) is 4.08. The largest absolute Gasteiger partial charge is 0.451 e. The number of carbonyl (C=O) groups excluding carboxylic acids is 2. The standard InChI is InChI=1S/C14H11ClFNO3S/c15-10-6-9(3-4-11(10)16)7-17-13(18)8-20-14(19)12-2-1-5-21-12/h1-6H,7-8H2,(H,17,18). The lowest BCUT2D eigenvalue weighted by molar-refractivity contribution is -0.124. The zero-order valence-electron chi connectivity index (χ0n) is 10.8. The summed E-state index contributed by atoms with van der Waals surface area (Å²) in [6, 6.07) is 7.50. The molecule has 0 bridgehead atoms. The van der Waals surface area contributed by atoms with Crippen LogP contribution < -0.4 is 5.32 Å². The molecule has 7 heteroatoms. The lowest BCUT2D eigenvalue weighted by atomic mass is 10.2. The van der Waals surface area contributed by atoms with Crippen LogP contribution in [0, 0.1) is 5.82 Å². The molecule has 0 atom stereocenters. The lowest BCUT2D eigenvalue weighted by Gasteiger charge is -2.06. The molecule has 0 fully saturated rings. The minimum Gasteiger partial charge on any atom is -0.451 e. The molecule has 1 amide bonds. The van der Waals surface area contributed by atoms with Crippen LogP contribution in [0.3, 0.4) is 0 Å². The summed E-state index contributed by atoms with van der Waals surface area (Å²) in [7, 11) is 0. The Hall–Kier alpha value is -1.92. The zero-order chi connectivity index (χ0) is 15.2. The number of ether oxygens (including phenoxy) is 1. The first-order chi connectivity index (χ1) is 10.1. The number of hydrogen-bond donors (Lipinski definition) is 1. The van der Waals surface area contributed by atoms with E-state index in [4.69, 9.17) is 16.3 Å². The van der Waals surface area contributed by atoms with Gasteiger partial charge in [-0.25, -0.2) is 9.18 Å². The van der Waals surface area contributed by atoms with E-state index >= 15 is 0 Å². The molecule has 0 radical (unpaired) electrons. The van der Waals surface area contributed by atoms with Crippen LogP contribution in [0.5, 0.6) is 0 Å². The van der Waals surface area contributed by atoms with Gasteiger partial charge in [-0.3, -0.25) is 4.79 Å². The summed E-state index contributed by atoms with van der Waals surface area (Å²) >= 11 is 6.87. The molecule has 0 saturated carbocycles. The van der Waals surface area contributed by atoms with Crippen LogP contribution in [0.4, 0.5) is 4.39 Å². The number of amides is 1. The molecular formula is C14H11ClFNO3S. The van der Waals surface area contributed by atoms with Gasteiger partial charge in [0.15, 0.2) is 6.61 Å². The van der Waals surface area contributed by atoms with Crippen molar-refractivity contribution in [2.45, 2.75) is 6.54 Å². The first-order valence-electron chi connectivity index (χ1n) is 5.97. The predicted octanol–water partition coefficient (Wildman–Crippen LogP) is 3.01. The molecule has 0 spiro atoms. The molecule has 0 aliphatic heterocycles. The highest BCUT2D eigenvalue weighted by atomic mass is 35.5. The highest BCUT2D eigenvalue weighted by molar-refractivity contribution is 7.11. The smallest absolute Gasteiger partial charge is 0.348 e. The first-order valence-corrected chi connectivity index (χ1v) is 7.23. The number of nitrogens with one attached hydrogen (secondary N) is 1. The summed E-state index contributed by atoms with van der Waals surface area (Å²) in [6.07, 6.45) is 0. The fraction of sp³-hybridized carbons (Fsp3) is 0.143. The number of benzene rings is 1. The van der Waals surface area contributed by atoms with Crippen LogP contribution in [0.1, 0.15) is 15.2 Å². The molecule has 21 heavy (non-hydrogen) atoms. The van der Waals surface area contributed by atoms with E-state index in [1.165, 1.54) is 29.5 Å². The van der Waals surface area contributed by atoms with Crippen LogP contribution in [-0.2, 0) is 16.1 Å². The molecule has 1 heterocycles. The summed E-state index contributed by atoms with van der Waals surface area (Å²) in [6.45, 7) is -0.193. The van der Waals surface area contributed by atoms with Crippen LogP contribution in [0.2, 0.25) is 5.02 Å². The van der Waals surface area contributed by atoms with Crippen molar-refractivity contribution in [2.24, 2.45) is 0 Å². The topological polar surface area (TPSA) is 55.4 Å². The molecule has 2 rings (SSSR count). The molecule has 0 aliphatic rings. The van der Waals surface area contributed by atoms with Crippen molar-refractivity contribution in [1.29, 1.82) is 0 Å². The third-order valence-electron chi connectivity index (χ3n) is 2.53. The quantitative estimate of drug-likeness (QED) is 0.859. The van der Waals surface area contributed by atoms with Crippen molar-refractivity contribution in [3.63, 3.8) is 0 Å². The Morgan fingerprint density at radius 1 is 1.33 bits per heavy atom. The molecule has 1 aromatic heterocycles. The van der Waals surface area contributed by atoms with Gasteiger partial charge in [0.1, 0.15) is 10.7 Å². The normalized spacial score (nSPS) is 10.2. The highest BCUT2D eigenvalue weighted by Crippen LogP contribution is 2.15. The Morgan fingerprint density at radius 3 is 2.81 bits per heavy atom. The second-order valence-corrected chi connectivity index (χ2v) is 5.43. The van der Waals surface area contributed by atoms with Crippen molar-refractivity contribution >= 4 is 34.8 Å². The molecule has 1 aromatic carbocycles. The summed E-state index contributed by atoms with van der Waals surface area (Å²) in [4.78, 5) is 23.5. The molecule has 0 unspecified atom stereocenters. The van der Waals surface area contributed by atoms with E-state index in [2.05, 4.69) is 5.32 Å². The highest BCUT2D eigenvalue weighted by Gasteiger charge is 2.10. The zero-order valence-corrected chi connectivity index (χ0v) is 12.3. The monoisotopic (exact) mass is 327 g/mol. The number of halogens is 2. The van der Waals surface area contributed by atoms with Gasteiger partial charge in [0.2, 0.25) is 0 Å².